The topological polar surface area (TPSA) is 89.5 Å². The molecule has 0 spiro atoms. The number of hydrazone groups is 1. The van der Waals surface area contributed by atoms with Crippen molar-refractivity contribution in [2.45, 2.75) is 27.7 Å². The maximum atomic E-state index is 5.85. The van der Waals surface area contributed by atoms with Crippen molar-refractivity contribution >= 4 is 11.9 Å². The molecule has 0 amide bonds. The molecular weight excluding hydrogens is 242 g/mol. The van der Waals surface area contributed by atoms with E-state index in [1.807, 2.05) is 13.8 Å². The van der Waals surface area contributed by atoms with Gasteiger partial charge in [0.05, 0.1) is 26.2 Å². The van der Waals surface area contributed by atoms with E-state index in [0.29, 0.717) is 6.54 Å². The first-order chi connectivity index (χ1) is 9.19. The fourth-order valence-electron chi connectivity index (χ4n) is 1.44. The van der Waals surface area contributed by atoms with Gasteiger partial charge in [0.1, 0.15) is 0 Å². The molecular formula is C12H30N7+. The van der Waals surface area contributed by atoms with E-state index < -0.39 is 0 Å². The highest BCUT2D eigenvalue weighted by Crippen LogP contribution is 1.74. The van der Waals surface area contributed by atoms with Gasteiger partial charge in [-0.05, 0) is 27.7 Å². The number of guanidine groups is 2. The minimum absolute atomic E-state index is 0.682. The van der Waals surface area contributed by atoms with Crippen molar-refractivity contribution in [3.63, 3.8) is 0 Å². The summed E-state index contributed by atoms with van der Waals surface area (Å²) in [5.74, 6) is 7.54. The lowest BCUT2D eigenvalue weighted by Gasteiger charge is -2.10. The van der Waals surface area contributed by atoms with Gasteiger partial charge in [0, 0.05) is 13.1 Å². The molecule has 6 N–H and O–H groups in total. The van der Waals surface area contributed by atoms with Gasteiger partial charge >= 0.3 is 5.96 Å². The number of nitrogens with two attached hydrogens (primary N) is 1. The number of hydrogen-bond donors (Lipinski definition) is 5. The highest BCUT2D eigenvalue weighted by molar-refractivity contribution is 5.79. The minimum Gasteiger partial charge on any atom is -0.357 e. The molecule has 0 heterocycles. The van der Waals surface area contributed by atoms with Gasteiger partial charge in [-0.1, -0.05) is 0 Å². The number of nitrogens with one attached hydrogen (secondary N) is 4. The average molecular weight is 272 g/mol. The summed E-state index contributed by atoms with van der Waals surface area (Å²) in [5.41, 5.74) is 0. The Morgan fingerprint density at radius 2 is 1.53 bits per heavy atom. The summed E-state index contributed by atoms with van der Waals surface area (Å²) in [6.45, 7) is 12.9. The zero-order valence-corrected chi connectivity index (χ0v) is 12.7. The number of hydrogen-bond acceptors (Lipinski definition) is 2. The monoisotopic (exact) mass is 272 g/mol. The Labute approximate surface area is 116 Å². The van der Waals surface area contributed by atoms with Crippen molar-refractivity contribution in [1.29, 1.82) is 0 Å². The van der Waals surface area contributed by atoms with Gasteiger partial charge in [0.15, 0.2) is 5.96 Å². The van der Waals surface area contributed by atoms with Crippen molar-refractivity contribution < 1.29 is 4.68 Å². The van der Waals surface area contributed by atoms with Gasteiger partial charge < -0.3 is 10.6 Å². The van der Waals surface area contributed by atoms with Crippen LogP contribution in [0.5, 0.6) is 0 Å². The number of nitrogens with zero attached hydrogens (tertiary/aromatic N) is 2. The molecule has 0 aromatic rings. The third-order valence-electron chi connectivity index (χ3n) is 2.33. The van der Waals surface area contributed by atoms with Gasteiger partial charge in [-0.15, -0.1) is 0 Å². The van der Waals surface area contributed by atoms with Gasteiger partial charge in [0.25, 0.3) is 0 Å². The number of hydrazine groups is 1. The van der Waals surface area contributed by atoms with Crippen LogP contribution in [0.15, 0.2) is 4.99 Å². The largest absolute Gasteiger partial charge is 0.367 e. The van der Waals surface area contributed by atoms with Crippen molar-refractivity contribution in [2.75, 3.05) is 39.3 Å². The molecule has 0 aliphatic rings. The Kier molecular flexibility index (Phi) is 10.4. The van der Waals surface area contributed by atoms with Crippen LogP contribution in [0, 0.1) is 0 Å². The number of aliphatic imine (C=N–C) groups is 1. The first kappa shape index (κ1) is 17.3. The molecule has 19 heavy (non-hydrogen) atoms. The molecule has 0 saturated heterocycles. The molecule has 0 saturated carbocycles. The third kappa shape index (κ3) is 8.12. The van der Waals surface area contributed by atoms with Crippen molar-refractivity contribution in [1.82, 2.24) is 21.3 Å². The van der Waals surface area contributed by atoms with Gasteiger partial charge in [-0.25, -0.2) is 0 Å². The van der Waals surface area contributed by atoms with E-state index in [1.54, 1.807) is 4.68 Å². The normalized spacial score (nSPS) is 11.4. The lowest BCUT2D eigenvalue weighted by molar-refractivity contribution is -0.540. The summed E-state index contributed by atoms with van der Waals surface area (Å²) in [5, 5.41) is 12.8. The minimum atomic E-state index is 0.682. The summed E-state index contributed by atoms with van der Waals surface area (Å²) >= 11 is 0. The van der Waals surface area contributed by atoms with Crippen LogP contribution in [-0.4, -0.2) is 55.9 Å². The highest BCUT2D eigenvalue weighted by Gasteiger charge is 2.07. The molecule has 0 aromatic heterocycles. The second kappa shape index (κ2) is 11.4. The van der Waals surface area contributed by atoms with E-state index >= 15 is 0 Å². The third-order valence-corrected chi connectivity index (χ3v) is 2.33. The maximum Gasteiger partial charge on any atom is 0.367 e. The van der Waals surface area contributed by atoms with Crippen LogP contribution in [0.2, 0.25) is 0 Å². The zero-order chi connectivity index (χ0) is 14.5. The molecule has 0 aliphatic carbocycles. The fourth-order valence-corrected chi connectivity index (χ4v) is 1.44. The highest BCUT2D eigenvalue weighted by atomic mass is 15.4. The molecule has 7 nitrogen and oxygen atoms in total. The van der Waals surface area contributed by atoms with E-state index in [0.717, 1.165) is 44.6 Å². The molecule has 0 radical (unpaired) electrons. The van der Waals surface area contributed by atoms with Gasteiger partial charge in [-0.2, -0.15) is 4.68 Å². The lowest BCUT2D eigenvalue weighted by atomic mass is 10.6. The predicted octanol–water partition coefficient (Wildman–Crippen LogP) is -0.977. The smallest absolute Gasteiger partial charge is 0.357 e. The first-order valence-corrected chi connectivity index (χ1v) is 7.08. The summed E-state index contributed by atoms with van der Waals surface area (Å²) in [4.78, 5) is 4.45. The van der Waals surface area contributed by atoms with E-state index in [1.165, 1.54) is 0 Å². The Morgan fingerprint density at radius 3 is 2.00 bits per heavy atom. The molecule has 0 fully saturated rings. The van der Waals surface area contributed by atoms with Crippen LogP contribution in [-0.2, 0) is 0 Å². The standard InChI is InChI=1S/C12H29N7/c1-5-14-11(15-6-2)17-9-10-18-12(16-7-3)19(13)8-4/h5-10,13H2,1-4H3,(H3,14,15,16,17,18)/p+1. The van der Waals surface area contributed by atoms with Crippen LogP contribution in [0.1, 0.15) is 27.7 Å². The lowest BCUT2D eigenvalue weighted by Crippen LogP contribution is -2.48. The molecule has 0 aliphatic heterocycles. The Bertz CT molecular complexity index is 278. The SMILES string of the molecule is CCNC(=NCCN/C(NCC)=[N+](\N)CC)NCC. The molecule has 112 valence electrons. The second-order valence-corrected chi connectivity index (χ2v) is 3.88. The quantitative estimate of drug-likeness (QED) is 0.103. The van der Waals surface area contributed by atoms with Crippen LogP contribution in [0.25, 0.3) is 0 Å². The van der Waals surface area contributed by atoms with Crippen molar-refractivity contribution in [2.24, 2.45) is 10.8 Å². The van der Waals surface area contributed by atoms with E-state index in [2.05, 4.69) is 40.1 Å². The second-order valence-electron chi connectivity index (χ2n) is 3.88. The summed E-state index contributed by atoms with van der Waals surface area (Å²) in [7, 11) is 0. The molecule has 0 atom stereocenters. The van der Waals surface area contributed by atoms with Crippen LogP contribution < -0.4 is 27.1 Å². The van der Waals surface area contributed by atoms with Crippen molar-refractivity contribution in [3.05, 3.63) is 0 Å². The zero-order valence-electron chi connectivity index (χ0n) is 12.7. The summed E-state index contributed by atoms with van der Waals surface area (Å²) in [6.07, 6.45) is 0. The van der Waals surface area contributed by atoms with Crippen molar-refractivity contribution in [3.8, 4) is 0 Å². The van der Waals surface area contributed by atoms with E-state index in [4.69, 9.17) is 5.84 Å². The molecule has 0 bridgehead atoms. The maximum absolute atomic E-state index is 5.85. The molecule has 7 heteroatoms. The van der Waals surface area contributed by atoms with Crippen LogP contribution >= 0.6 is 0 Å². The Hall–Kier alpha value is -1.66. The predicted molar refractivity (Wildman–Crippen MR) is 81.3 cm³/mol. The number of rotatable bonds is 7. The Balaban J connectivity index is 4.20. The van der Waals surface area contributed by atoms with Gasteiger partial charge in [0.2, 0.25) is 0 Å². The van der Waals surface area contributed by atoms with E-state index in [-0.39, 0.29) is 0 Å². The summed E-state index contributed by atoms with van der Waals surface area (Å²) in [6, 6.07) is 0. The average Bonchev–Trinajstić information content (AvgIpc) is 2.41. The van der Waals surface area contributed by atoms with Crippen LogP contribution in [0.3, 0.4) is 0 Å². The van der Waals surface area contributed by atoms with Crippen LogP contribution in [0.4, 0.5) is 0 Å². The molecule has 0 aromatic carbocycles. The first-order valence-electron chi connectivity index (χ1n) is 7.08. The fraction of sp³-hybridized carbons (Fsp3) is 0.833. The Morgan fingerprint density at radius 1 is 0.947 bits per heavy atom. The molecule has 0 unspecified atom stereocenters. The van der Waals surface area contributed by atoms with Gasteiger partial charge in [-0.3, -0.25) is 21.5 Å². The van der Waals surface area contributed by atoms with E-state index in [9.17, 15) is 0 Å². The summed E-state index contributed by atoms with van der Waals surface area (Å²) < 4.78 is 1.66. The molecule has 0 rings (SSSR count).